The van der Waals surface area contributed by atoms with Gasteiger partial charge in [-0.2, -0.15) is 0 Å². The molecule has 0 aromatic heterocycles. The molecule has 0 bridgehead atoms. The zero-order chi connectivity index (χ0) is 41.5. The van der Waals surface area contributed by atoms with Crippen LogP contribution in [0.25, 0.3) is 60.9 Å². The molecule has 0 radical (unpaired) electrons. The monoisotopic (exact) mass is 780 g/mol. The van der Waals surface area contributed by atoms with Gasteiger partial charge in [-0.1, -0.05) is 198 Å². The number of rotatable bonds is 6. The number of allylic oxidation sites excluding steroid dienone is 5. The van der Waals surface area contributed by atoms with Gasteiger partial charge in [-0.05, 0) is 153 Å². The van der Waals surface area contributed by atoms with E-state index in [0.29, 0.717) is 0 Å². The molecule has 8 aromatic rings. The average molecular weight is 781 g/mol. The number of benzene rings is 8. The number of hydrogen-bond acceptors (Lipinski definition) is 0. The highest BCUT2D eigenvalue weighted by Crippen LogP contribution is 2.55. The molecule has 0 saturated carbocycles. The maximum Gasteiger partial charge on any atom is 0.0159 e. The van der Waals surface area contributed by atoms with Crippen LogP contribution in [0.1, 0.15) is 78.6 Å². The summed E-state index contributed by atoms with van der Waals surface area (Å²) in [5.41, 5.74) is 23.9. The van der Waals surface area contributed by atoms with E-state index >= 15 is 0 Å². The third kappa shape index (κ3) is 5.96. The molecule has 0 saturated heterocycles. The summed E-state index contributed by atoms with van der Waals surface area (Å²) in [6, 6.07) is 67.3. The number of fused-ring (bicyclic) bond motifs is 7. The van der Waals surface area contributed by atoms with Gasteiger partial charge in [0.15, 0.2) is 0 Å². The molecule has 292 valence electrons. The van der Waals surface area contributed by atoms with Gasteiger partial charge in [0.1, 0.15) is 0 Å². The van der Waals surface area contributed by atoms with Gasteiger partial charge in [0.05, 0.1) is 0 Å². The highest BCUT2D eigenvalue weighted by Gasteiger charge is 2.40. The fourth-order valence-corrected chi connectivity index (χ4v) is 10.6. The van der Waals surface area contributed by atoms with Crippen molar-refractivity contribution in [2.45, 2.75) is 44.9 Å². The second-order valence-corrected chi connectivity index (χ2v) is 18.1. The highest BCUT2D eigenvalue weighted by atomic mass is 14.4. The molecule has 0 unspecified atom stereocenters. The van der Waals surface area contributed by atoms with Crippen molar-refractivity contribution >= 4 is 27.5 Å². The average Bonchev–Trinajstić information content (AvgIpc) is 3.67. The first kappa shape index (κ1) is 37.0. The van der Waals surface area contributed by atoms with Gasteiger partial charge >= 0.3 is 0 Å². The van der Waals surface area contributed by atoms with Crippen molar-refractivity contribution in [1.82, 2.24) is 0 Å². The molecule has 61 heavy (non-hydrogen) atoms. The lowest BCUT2D eigenvalue weighted by molar-refractivity contribution is 0.657. The van der Waals surface area contributed by atoms with Crippen molar-refractivity contribution in [2.75, 3.05) is 0 Å². The first-order chi connectivity index (χ1) is 29.7. The lowest BCUT2D eigenvalue weighted by Gasteiger charge is -2.27. The third-order valence-electron chi connectivity index (χ3n) is 13.9. The third-order valence-corrected chi connectivity index (χ3v) is 13.9. The Morgan fingerprint density at radius 1 is 0.443 bits per heavy atom. The van der Waals surface area contributed by atoms with Gasteiger partial charge in [-0.15, -0.1) is 0 Å². The molecule has 0 heteroatoms. The van der Waals surface area contributed by atoms with Crippen LogP contribution in [0.4, 0.5) is 0 Å². The summed E-state index contributed by atoms with van der Waals surface area (Å²) < 4.78 is 0. The summed E-state index contributed by atoms with van der Waals surface area (Å²) in [5.74, 6) is 0. The van der Waals surface area contributed by atoms with E-state index < -0.39 is 0 Å². The Hall–Kier alpha value is -7.02. The van der Waals surface area contributed by atoms with E-state index in [2.05, 4.69) is 222 Å². The molecular formula is C61H48. The second-order valence-electron chi connectivity index (χ2n) is 18.1. The van der Waals surface area contributed by atoms with E-state index in [1.807, 2.05) is 0 Å². The molecule has 3 aliphatic rings. The molecule has 0 nitrogen and oxygen atoms in total. The van der Waals surface area contributed by atoms with Crippen LogP contribution in [-0.4, -0.2) is 0 Å². The maximum absolute atomic E-state index is 4.86. The van der Waals surface area contributed by atoms with Gasteiger partial charge < -0.3 is 0 Å². The summed E-state index contributed by atoms with van der Waals surface area (Å²) in [4.78, 5) is 0. The lowest BCUT2D eigenvalue weighted by atomic mass is 9.76. The zero-order valence-electron chi connectivity index (χ0n) is 35.4. The summed E-state index contributed by atoms with van der Waals surface area (Å²) in [7, 11) is 0. The minimum Gasteiger partial charge on any atom is -0.0905 e. The van der Waals surface area contributed by atoms with E-state index in [4.69, 9.17) is 6.58 Å². The first-order valence-electron chi connectivity index (χ1n) is 21.7. The topological polar surface area (TPSA) is 0 Å². The van der Waals surface area contributed by atoms with Crippen LogP contribution >= 0.6 is 0 Å². The summed E-state index contributed by atoms with van der Waals surface area (Å²) in [5, 5.41) is 2.54. The van der Waals surface area contributed by atoms with Gasteiger partial charge in [-0.3, -0.25) is 0 Å². The standard InChI is InChI=1S/C61H48/c1-39(40-16-8-6-9-17-40)51-38-58-53(49-22-14-15-23-55(49)60(58,2)3)37-54(51)59(44-27-24-43(25-28-44)41-18-10-7-11-19-41)48-31-33-56-52(35-48)50-32-30-47(36-57(50)61(56,4)5)46-29-26-42-20-12-13-21-45(42)34-46/h6-30,32-38H,1,31H2,2-5H3/b59-48+. The molecule has 0 amide bonds. The fourth-order valence-electron chi connectivity index (χ4n) is 10.6. The van der Waals surface area contributed by atoms with Gasteiger partial charge in [0.2, 0.25) is 0 Å². The molecule has 0 N–H and O–H groups in total. The smallest absolute Gasteiger partial charge is 0.0159 e. The summed E-state index contributed by atoms with van der Waals surface area (Å²) >= 11 is 0. The quantitative estimate of drug-likeness (QED) is 0.158. The molecule has 8 aromatic carbocycles. The van der Waals surface area contributed by atoms with Crippen LogP contribution in [-0.2, 0) is 10.8 Å². The van der Waals surface area contributed by atoms with E-state index in [1.54, 1.807) is 0 Å². The lowest BCUT2D eigenvalue weighted by Crippen LogP contribution is -2.16. The van der Waals surface area contributed by atoms with Gasteiger partial charge in [-0.25, -0.2) is 0 Å². The van der Waals surface area contributed by atoms with Crippen LogP contribution in [0.5, 0.6) is 0 Å². The SMILES string of the molecule is C=C(c1ccccc1)c1cc2c(cc1/C(=C1/C=C3C(=CC1)C(C)(C)c1cc(-c4ccc5ccccc5c4)ccc13)c1ccc(-c3ccccc3)cc1)-c1ccccc1C2(C)C. The molecule has 0 heterocycles. The highest BCUT2D eigenvalue weighted by molar-refractivity contribution is 6.00. The molecule has 0 fully saturated rings. The molecule has 11 rings (SSSR count). The largest absolute Gasteiger partial charge is 0.0905 e. The van der Waals surface area contributed by atoms with Crippen LogP contribution in [0.15, 0.2) is 212 Å². The Morgan fingerprint density at radius 2 is 1.07 bits per heavy atom. The van der Waals surface area contributed by atoms with Crippen molar-refractivity contribution in [3.8, 4) is 33.4 Å². The molecule has 0 spiro atoms. The Balaban J connectivity index is 1.14. The summed E-state index contributed by atoms with van der Waals surface area (Å²) in [6.45, 7) is 14.4. The molecule has 0 atom stereocenters. The van der Waals surface area contributed by atoms with Crippen molar-refractivity contribution in [2.24, 2.45) is 0 Å². The van der Waals surface area contributed by atoms with Crippen LogP contribution in [0.3, 0.4) is 0 Å². The Bertz CT molecular complexity index is 3180. The van der Waals surface area contributed by atoms with Crippen molar-refractivity contribution in [3.05, 3.63) is 256 Å². The zero-order valence-corrected chi connectivity index (χ0v) is 35.4. The maximum atomic E-state index is 4.86. The Morgan fingerprint density at radius 3 is 1.85 bits per heavy atom. The van der Waals surface area contributed by atoms with Gasteiger partial charge in [0.25, 0.3) is 0 Å². The molecule has 3 aliphatic carbocycles. The fraction of sp³-hybridized carbons (Fsp3) is 0.115. The predicted octanol–water partition coefficient (Wildman–Crippen LogP) is 16.0. The van der Waals surface area contributed by atoms with E-state index in [1.165, 1.54) is 105 Å². The summed E-state index contributed by atoms with van der Waals surface area (Å²) in [6.07, 6.45) is 5.88. The first-order valence-corrected chi connectivity index (χ1v) is 21.7. The van der Waals surface area contributed by atoms with Crippen LogP contribution in [0, 0.1) is 0 Å². The predicted molar refractivity (Wildman–Crippen MR) is 260 cm³/mol. The van der Waals surface area contributed by atoms with E-state index in [0.717, 1.165) is 17.6 Å². The van der Waals surface area contributed by atoms with E-state index in [-0.39, 0.29) is 10.8 Å². The van der Waals surface area contributed by atoms with Crippen LogP contribution in [0.2, 0.25) is 0 Å². The minimum absolute atomic E-state index is 0.132. The Kier molecular flexibility index (Phi) is 8.52. The molecular weight excluding hydrogens is 733 g/mol. The number of hydrogen-bond donors (Lipinski definition) is 0. The second kappa shape index (κ2) is 14.0. The van der Waals surface area contributed by atoms with Crippen molar-refractivity contribution in [3.63, 3.8) is 0 Å². The minimum atomic E-state index is -0.143. The van der Waals surface area contributed by atoms with E-state index in [9.17, 15) is 0 Å². The van der Waals surface area contributed by atoms with Gasteiger partial charge in [0, 0.05) is 10.8 Å². The van der Waals surface area contributed by atoms with Crippen molar-refractivity contribution < 1.29 is 0 Å². The van der Waals surface area contributed by atoms with Crippen molar-refractivity contribution in [1.29, 1.82) is 0 Å². The van der Waals surface area contributed by atoms with Crippen LogP contribution < -0.4 is 0 Å². The normalized spacial score (nSPS) is 16.2. The molecule has 0 aliphatic heterocycles. The Labute approximate surface area is 360 Å².